The first-order chi connectivity index (χ1) is 8.59. The molecule has 0 bridgehead atoms. The van der Waals surface area contributed by atoms with Crippen LogP contribution in [0.25, 0.3) is 0 Å². The fourth-order valence-electron chi connectivity index (χ4n) is 2.67. The topological polar surface area (TPSA) is 29.3 Å². The summed E-state index contributed by atoms with van der Waals surface area (Å²) in [6, 6.07) is 6.72. The molecule has 2 nitrogen and oxygen atoms in total. The van der Waals surface area contributed by atoms with E-state index in [4.69, 9.17) is 18.0 Å². The first kappa shape index (κ1) is 13.8. The summed E-state index contributed by atoms with van der Waals surface area (Å²) in [7, 11) is 2.15. The fourth-order valence-corrected chi connectivity index (χ4v) is 3.19. The fraction of sp³-hybridized carbons (Fsp3) is 0.500. The monoisotopic (exact) mass is 326 g/mol. The summed E-state index contributed by atoms with van der Waals surface area (Å²) in [6.07, 6.45) is 6.54. The molecule has 1 aliphatic carbocycles. The standard InChI is InChI=1S/C14H19BrN2S/c1-17(11-5-3-2-4-6-11)13-9-10(15)7-8-12(13)14(16)18/h7-9,11H,2-6H2,1H3,(H2,16,18). The third-order valence-corrected chi connectivity index (χ3v) is 4.44. The van der Waals surface area contributed by atoms with Crippen molar-refractivity contribution in [2.45, 2.75) is 38.1 Å². The average Bonchev–Trinajstić information content (AvgIpc) is 2.38. The van der Waals surface area contributed by atoms with Crippen LogP contribution in [0.5, 0.6) is 0 Å². The number of anilines is 1. The molecule has 0 saturated heterocycles. The third-order valence-electron chi connectivity index (χ3n) is 3.73. The van der Waals surface area contributed by atoms with Crippen LogP contribution in [-0.2, 0) is 0 Å². The van der Waals surface area contributed by atoms with E-state index in [0.29, 0.717) is 11.0 Å². The van der Waals surface area contributed by atoms with Crippen LogP contribution in [0.3, 0.4) is 0 Å². The minimum atomic E-state index is 0.472. The van der Waals surface area contributed by atoms with Gasteiger partial charge in [-0.15, -0.1) is 0 Å². The van der Waals surface area contributed by atoms with E-state index in [0.717, 1.165) is 15.7 Å². The first-order valence-corrected chi connectivity index (χ1v) is 7.62. The number of thiocarbonyl (C=S) groups is 1. The molecule has 1 aliphatic rings. The number of benzene rings is 1. The molecule has 18 heavy (non-hydrogen) atoms. The Kier molecular flexibility index (Phi) is 4.62. The zero-order chi connectivity index (χ0) is 13.1. The molecule has 0 radical (unpaired) electrons. The van der Waals surface area contributed by atoms with Crippen LogP contribution in [-0.4, -0.2) is 18.1 Å². The predicted octanol–water partition coefficient (Wildman–Crippen LogP) is 3.85. The second-order valence-corrected chi connectivity index (χ2v) is 6.28. The van der Waals surface area contributed by atoms with Gasteiger partial charge in [-0.2, -0.15) is 0 Å². The Balaban J connectivity index is 2.30. The summed E-state index contributed by atoms with van der Waals surface area (Å²) in [5, 5.41) is 0. The van der Waals surface area contributed by atoms with E-state index in [1.165, 1.54) is 32.1 Å². The lowest BCUT2D eigenvalue weighted by Gasteiger charge is -2.34. The highest BCUT2D eigenvalue weighted by Crippen LogP contribution is 2.30. The zero-order valence-electron chi connectivity index (χ0n) is 10.7. The zero-order valence-corrected chi connectivity index (χ0v) is 13.1. The van der Waals surface area contributed by atoms with Crippen LogP contribution in [0.1, 0.15) is 37.7 Å². The molecule has 0 heterocycles. The molecule has 1 fully saturated rings. The second-order valence-electron chi connectivity index (χ2n) is 4.93. The molecular formula is C14H19BrN2S. The molecule has 2 N–H and O–H groups in total. The molecule has 2 rings (SSSR count). The molecule has 1 saturated carbocycles. The molecule has 98 valence electrons. The second kappa shape index (κ2) is 6.02. The minimum Gasteiger partial charge on any atom is -0.389 e. The maximum absolute atomic E-state index is 5.82. The van der Waals surface area contributed by atoms with E-state index in [9.17, 15) is 0 Å². The quantitative estimate of drug-likeness (QED) is 0.855. The van der Waals surface area contributed by atoms with E-state index >= 15 is 0 Å². The van der Waals surface area contributed by atoms with Crippen molar-refractivity contribution in [1.29, 1.82) is 0 Å². The highest BCUT2D eigenvalue weighted by atomic mass is 79.9. The van der Waals surface area contributed by atoms with E-state index < -0.39 is 0 Å². The van der Waals surface area contributed by atoms with Crippen molar-refractivity contribution in [3.63, 3.8) is 0 Å². The summed E-state index contributed by atoms with van der Waals surface area (Å²) in [5.41, 5.74) is 7.94. The molecular weight excluding hydrogens is 308 g/mol. The Morgan fingerprint density at radius 3 is 2.61 bits per heavy atom. The van der Waals surface area contributed by atoms with E-state index in [-0.39, 0.29) is 0 Å². The van der Waals surface area contributed by atoms with Crippen molar-refractivity contribution in [1.82, 2.24) is 0 Å². The van der Waals surface area contributed by atoms with Crippen molar-refractivity contribution < 1.29 is 0 Å². The Morgan fingerprint density at radius 1 is 1.33 bits per heavy atom. The van der Waals surface area contributed by atoms with Crippen LogP contribution in [0.15, 0.2) is 22.7 Å². The van der Waals surface area contributed by atoms with Crippen LogP contribution >= 0.6 is 28.1 Å². The van der Waals surface area contributed by atoms with Gasteiger partial charge in [-0.1, -0.05) is 47.4 Å². The van der Waals surface area contributed by atoms with Crippen molar-refractivity contribution >= 4 is 38.8 Å². The summed E-state index contributed by atoms with van der Waals surface area (Å²) in [6.45, 7) is 0. The van der Waals surface area contributed by atoms with Gasteiger partial charge in [0, 0.05) is 28.8 Å². The number of nitrogens with two attached hydrogens (primary N) is 1. The predicted molar refractivity (Wildman–Crippen MR) is 85.3 cm³/mol. The van der Waals surface area contributed by atoms with Gasteiger partial charge in [0.05, 0.1) is 0 Å². The largest absolute Gasteiger partial charge is 0.389 e. The first-order valence-electron chi connectivity index (χ1n) is 6.42. The molecule has 4 heteroatoms. The Morgan fingerprint density at radius 2 is 2.00 bits per heavy atom. The number of hydrogen-bond acceptors (Lipinski definition) is 2. The van der Waals surface area contributed by atoms with Gasteiger partial charge in [0.1, 0.15) is 4.99 Å². The Bertz CT molecular complexity index is 441. The summed E-state index contributed by atoms with van der Waals surface area (Å²) in [5.74, 6) is 0. The van der Waals surface area contributed by atoms with Gasteiger partial charge in [-0.3, -0.25) is 0 Å². The maximum Gasteiger partial charge on any atom is 0.106 e. The van der Waals surface area contributed by atoms with Gasteiger partial charge in [0.2, 0.25) is 0 Å². The number of hydrogen-bond donors (Lipinski definition) is 1. The molecule has 0 aliphatic heterocycles. The highest BCUT2D eigenvalue weighted by Gasteiger charge is 2.20. The summed E-state index contributed by atoms with van der Waals surface area (Å²) in [4.78, 5) is 2.82. The van der Waals surface area contributed by atoms with E-state index in [2.05, 4.69) is 33.9 Å². The number of halogens is 1. The smallest absolute Gasteiger partial charge is 0.106 e. The molecule has 1 aromatic carbocycles. The van der Waals surface area contributed by atoms with Crippen molar-refractivity contribution in [3.05, 3.63) is 28.2 Å². The lowest BCUT2D eigenvalue weighted by atomic mass is 9.94. The van der Waals surface area contributed by atoms with Gasteiger partial charge in [-0.25, -0.2) is 0 Å². The van der Waals surface area contributed by atoms with Crippen LogP contribution in [0.4, 0.5) is 5.69 Å². The van der Waals surface area contributed by atoms with Crippen LogP contribution in [0, 0.1) is 0 Å². The third kappa shape index (κ3) is 3.04. The Labute approximate surface area is 123 Å². The van der Waals surface area contributed by atoms with Gasteiger partial charge in [-0.05, 0) is 31.0 Å². The van der Waals surface area contributed by atoms with Gasteiger partial charge >= 0.3 is 0 Å². The van der Waals surface area contributed by atoms with Gasteiger partial charge in [0.25, 0.3) is 0 Å². The number of nitrogens with zero attached hydrogens (tertiary/aromatic N) is 1. The van der Waals surface area contributed by atoms with E-state index in [1.807, 2.05) is 12.1 Å². The van der Waals surface area contributed by atoms with Crippen molar-refractivity contribution in [3.8, 4) is 0 Å². The molecule has 0 aromatic heterocycles. The molecule has 0 spiro atoms. The lowest BCUT2D eigenvalue weighted by molar-refractivity contribution is 0.427. The summed E-state index contributed by atoms with van der Waals surface area (Å²) < 4.78 is 1.07. The summed E-state index contributed by atoms with van der Waals surface area (Å²) >= 11 is 8.68. The van der Waals surface area contributed by atoms with E-state index in [1.54, 1.807) is 0 Å². The molecule has 1 aromatic rings. The van der Waals surface area contributed by atoms with Crippen LogP contribution < -0.4 is 10.6 Å². The molecule has 0 amide bonds. The van der Waals surface area contributed by atoms with Crippen molar-refractivity contribution in [2.75, 3.05) is 11.9 Å². The van der Waals surface area contributed by atoms with Crippen molar-refractivity contribution in [2.24, 2.45) is 5.73 Å². The lowest BCUT2D eigenvalue weighted by Crippen LogP contribution is -2.34. The highest BCUT2D eigenvalue weighted by molar-refractivity contribution is 9.10. The maximum atomic E-state index is 5.82. The molecule has 0 unspecified atom stereocenters. The Hall–Kier alpha value is -0.610. The van der Waals surface area contributed by atoms with Gasteiger partial charge < -0.3 is 10.6 Å². The average molecular weight is 327 g/mol. The van der Waals surface area contributed by atoms with Crippen LogP contribution in [0.2, 0.25) is 0 Å². The normalized spacial score (nSPS) is 16.6. The number of rotatable bonds is 3. The minimum absolute atomic E-state index is 0.472. The SMILES string of the molecule is CN(c1cc(Br)ccc1C(N)=S)C1CCCCC1. The molecule has 0 atom stereocenters. The van der Waals surface area contributed by atoms with Gasteiger partial charge in [0.15, 0.2) is 0 Å².